The molecule has 0 fully saturated rings. The standard InChI is InChI=1S/C11H8F3NO3/c1-17-10(16)6-18-9-3-2-8(11(12,13)14)4-7(9)5-15/h2-4H,6H2,1H3. The number of rotatable bonds is 3. The Hall–Kier alpha value is -2.23. The summed E-state index contributed by atoms with van der Waals surface area (Å²) in [4.78, 5) is 10.8. The second-order valence-corrected chi connectivity index (χ2v) is 3.19. The maximum atomic E-state index is 12.4. The minimum atomic E-state index is -4.54. The van der Waals surface area contributed by atoms with Crippen molar-refractivity contribution < 1.29 is 27.4 Å². The fraction of sp³-hybridized carbons (Fsp3) is 0.273. The number of alkyl halides is 3. The maximum absolute atomic E-state index is 12.4. The molecule has 96 valence electrons. The van der Waals surface area contributed by atoms with Crippen LogP contribution in [-0.2, 0) is 15.7 Å². The molecule has 0 aliphatic carbocycles. The van der Waals surface area contributed by atoms with E-state index in [2.05, 4.69) is 4.74 Å². The highest BCUT2D eigenvalue weighted by Gasteiger charge is 2.31. The van der Waals surface area contributed by atoms with Gasteiger partial charge >= 0.3 is 12.1 Å². The molecular formula is C11H8F3NO3. The van der Waals surface area contributed by atoms with Crippen LogP contribution in [0.25, 0.3) is 0 Å². The van der Waals surface area contributed by atoms with Gasteiger partial charge in [0.1, 0.15) is 11.8 Å². The highest BCUT2D eigenvalue weighted by Crippen LogP contribution is 2.32. The normalized spacial score (nSPS) is 10.6. The topological polar surface area (TPSA) is 59.3 Å². The van der Waals surface area contributed by atoms with Gasteiger partial charge in [0.05, 0.1) is 18.2 Å². The summed E-state index contributed by atoms with van der Waals surface area (Å²) in [6, 6.07) is 3.99. The van der Waals surface area contributed by atoms with Crippen molar-refractivity contribution in [3.63, 3.8) is 0 Å². The molecule has 0 N–H and O–H groups in total. The van der Waals surface area contributed by atoms with Gasteiger partial charge in [0, 0.05) is 0 Å². The van der Waals surface area contributed by atoms with Gasteiger partial charge < -0.3 is 9.47 Å². The van der Waals surface area contributed by atoms with Gasteiger partial charge in [-0.1, -0.05) is 0 Å². The predicted octanol–water partition coefficient (Wildman–Crippen LogP) is 2.13. The molecule has 1 rings (SSSR count). The highest BCUT2D eigenvalue weighted by molar-refractivity contribution is 5.71. The third kappa shape index (κ3) is 3.38. The summed E-state index contributed by atoms with van der Waals surface area (Å²) < 4.78 is 46.3. The first-order valence-electron chi connectivity index (χ1n) is 4.69. The molecule has 0 aliphatic heterocycles. The van der Waals surface area contributed by atoms with E-state index in [0.29, 0.717) is 6.07 Å². The predicted molar refractivity (Wildman–Crippen MR) is 53.7 cm³/mol. The van der Waals surface area contributed by atoms with E-state index in [-0.39, 0.29) is 11.3 Å². The Morgan fingerprint density at radius 1 is 1.44 bits per heavy atom. The number of nitrogens with zero attached hydrogens (tertiary/aromatic N) is 1. The lowest BCUT2D eigenvalue weighted by atomic mass is 10.1. The van der Waals surface area contributed by atoms with E-state index in [4.69, 9.17) is 10.00 Å². The van der Waals surface area contributed by atoms with E-state index in [9.17, 15) is 18.0 Å². The third-order valence-electron chi connectivity index (χ3n) is 2.00. The van der Waals surface area contributed by atoms with Crippen molar-refractivity contribution >= 4 is 5.97 Å². The first kappa shape index (κ1) is 13.8. The van der Waals surface area contributed by atoms with Crippen LogP contribution in [0.5, 0.6) is 5.75 Å². The molecule has 1 aromatic carbocycles. The number of carbonyl (C=O) groups excluding carboxylic acids is 1. The van der Waals surface area contributed by atoms with E-state index in [1.165, 1.54) is 0 Å². The molecule has 1 aromatic rings. The second-order valence-electron chi connectivity index (χ2n) is 3.19. The summed E-state index contributed by atoms with van der Waals surface area (Å²) in [6.45, 7) is -0.476. The van der Waals surface area contributed by atoms with Crippen LogP contribution in [0.2, 0.25) is 0 Å². The number of halogens is 3. The molecule has 0 heterocycles. The van der Waals surface area contributed by atoms with Gasteiger partial charge in [0.2, 0.25) is 0 Å². The van der Waals surface area contributed by atoms with Crippen LogP contribution in [0.1, 0.15) is 11.1 Å². The Balaban J connectivity index is 2.95. The van der Waals surface area contributed by atoms with Gasteiger partial charge in [-0.15, -0.1) is 0 Å². The summed E-state index contributed by atoms with van der Waals surface area (Å²) in [5.41, 5.74) is -1.25. The second kappa shape index (κ2) is 5.40. The van der Waals surface area contributed by atoms with E-state index in [1.807, 2.05) is 0 Å². The van der Waals surface area contributed by atoms with Crippen LogP contribution >= 0.6 is 0 Å². The lowest BCUT2D eigenvalue weighted by Crippen LogP contribution is -2.13. The third-order valence-corrected chi connectivity index (χ3v) is 2.00. The number of methoxy groups -OCH3 is 1. The van der Waals surface area contributed by atoms with Crippen LogP contribution in [0, 0.1) is 11.3 Å². The van der Waals surface area contributed by atoms with Crippen molar-refractivity contribution in [2.45, 2.75) is 6.18 Å². The Bertz CT molecular complexity index is 491. The van der Waals surface area contributed by atoms with Crippen molar-refractivity contribution in [1.29, 1.82) is 5.26 Å². The molecule has 4 nitrogen and oxygen atoms in total. The largest absolute Gasteiger partial charge is 0.481 e. The van der Waals surface area contributed by atoms with Crippen LogP contribution in [0.3, 0.4) is 0 Å². The van der Waals surface area contributed by atoms with Gasteiger partial charge in [-0.3, -0.25) is 0 Å². The molecule has 0 aromatic heterocycles. The van der Waals surface area contributed by atoms with E-state index >= 15 is 0 Å². The van der Waals surface area contributed by atoms with E-state index < -0.39 is 24.3 Å². The number of hydrogen-bond acceptors (Lipinski definition) is 4. The molecule has 7 heteroatoms. The van der Waals surface area contributed by atoms with Crippen LogP contribution in [-0.4, -0.2) is 19.7 Å². The monoisotopic (exact) mass is 259 g/mol. The fourth-order valence-electron chi connectivity index (χ4n) is 1.12. The molecule has 0 amide bonds. The van der Waals surface area contributed by atoms with Gasteiger partial charge in [-0.05, 0) is 18.2 Å². The summed E-state index contributed by atoms with van der Waals surface area (Å²) in [5, 5.41) is 8.72. The first-order valence-corrected chi connectivity index (χ1v) is 4.69. The average molecular weight is 259 g/mol. The van der Waals surface area contributed by atoms with Crippen molar-refractivity contribution in [2.75, 3.05) is 13.7 Å². The number of ether oxygens (including phenoxy) is 2. The number of nitriles is 1. The van der Waals surface area contributed by atoms with Gasteiger partial charge in [-0.25, -0.2) is 4.79 Å². The number of hydrogen-bond donors (Lipinski definition) is 0. The van der Waals surface area contributed by atoms with Gasteiger partial charge in [0.25, 0.3) is 0 Å². The number of esters is 1. The number of benzene rings is 1. The zero-order chi connectivity index (χ0) is 13.8. The zero-order valence-corrected chi connectivity index (χ0v) is 9.25. The summed E-state index contributed by atoms with van der Waals surface area (Å²) in [7, 11) is 1.14. The minimum absolute atomic E-state index is 0.101. The molecule has 18 heavy (non-hydrogen) atoms. The summed E-state index contributed by atoms with van der Waals surface area (Å²) >= 11 is 0. The summed E-state index contributed by atoms with van der Waals surface area (Å²) in [6.07, 6.45) is -4.54. The van der Waals surface area contributed by atoms with E-state index in [0.717, 1.165) is 19.2 Å². The first-order chi connectivity index (χ1) is 8.38. The number of carbonyl (C=O) groups is 1. The maximum Gasteiger partial charge on any atom is 0.416 e. The molecule has 0 radical (unpaired) electrons. The molecule has 0 saturated heterocycles. The Morgan fingerprint density at radius 2 is 2.11 bits per heavy atom. The SMILES string of the molecule is COC(=O)COc1ccc(C(F)(F)F)cc1C#N. The quantitative estimate of drug-likeness (QED) is 0.780. The minimum Gasteiger partial charge on any atom is -0.481 e. The zero-order valence-electron chi connectivity index (χ0n) is 9.25. The molecule has 0 aliphatic rings. The Kier molecular flexibility index (Phi) is 4.15. The summed E-state index contributed by atoms with van der Waals surface area (Å²) in [5.74, 6) is -0.797. The van der Waals surface area contributed by atoms with Crippen LogP contribution < -0.4 is 4.74 Å². The molecule has 0 unspecified atom stereocenters. The highest BCUT2D eigenvalue weighted by atomic mass is 19.4. The molecule has 0 atom stereocenters. The molecular weight excluding hydrogens is 251 g/mol. The molecule has 0 saturated carbocycles. The van der Waals surface area contributed by atoms with Crippen molar-refractivity contribution in [3.05, 3.63) is 29.3 Å². The van der Waals surface area contributed by atoms with Crippen molar-refractivity contribution in [1.82, 2.24) is 0 Å². The van der Waals surface area contributed by atoms with Gasteiger partial charge in [0.15, 0.2) is 6.61 Å². The Labute approximate surface area is 101 Å². The molecule has 0 bridgehead atoms. The Morgan fingerprint density at radius 3 is 2.61 bits per heavy atom. The van der Waals surface area contributed by atoms with Crippen molar-refractivity contribution in [2.24, 2.45) is 0 Å². The fourth-order valence-corrected chi connectivity index (χ4v) is 1.12. The van der Waals surface area contributed by atoms with Gasteiger partial charge in [-0.2, -0.15) is 18.4 Å². The van der Waals surface area contributed by atoms with E-state index in [1.54, 1.807) is 6.07 Å². The lowest BCUT2D eigenvalue weighted by Gasteiger charge is -2.10. The lowest BCUT2D eigenvalue weighted by molar-refractivity contribution is -0.143. The van der Waals surface area contributed by atoms with Crippen LogP contribution in [0.15, 0.2) is 18.2 Å². The smallest absolute Gasteiger partial charge is 0.416 e. The van der Waals surface area contributed by atoms with Crippen molar-refractivity contribution in [3.8, 4) is 11.8 Å². The molecule has 0 spiro atoms. The van der Waals surface area contributed by atoms with Crippen LogP contribution in [0.4, 0.5) is 13.2 Å². The average Bonchev–Trinajstić information content (AvgIpc) is 2.34.